The smallest absolute Gasteiger partial charge is 0.232 e. The summed E-state index contributed by atoms with van der Waals surface area (Å²) in [7, 11) is 3.41. The van der Waals surface area contributed by atoms with Gasteiger partial charge in [0.15, 0.2) is 5.16 Å². The zero-order chi connectivity index (χ0) is 14.5. The molecule has 1 heterocycles. The molecule has 1 aromatic heterocycles. The predicted molar refractivity (Wildman–Crippen MR) is 76.8 cm³/mol. The number of hydrogen-bond acceptors (Lipinski definition) is 4. The highest BCUT2D eigenvalue weighted by atomic mass is 32.2. The Hall–Kier alpha value is -1.95. The van der Waals surface area contributed by atoms with Gasteiger partial charge in [0.1, 0.15) is 5.82 Å². The van der Waals surface area contributed by atoms with Gasteiger partial charge in [-0.1, -0.05) is 11.8 Å². The van der Waals surface area contributed by atoms with E-state index in [4.69, 9.17) is 0 Å². The molecule has 0 bridgehead atoms. The maximum Gasteiger partial charge on any atom is 0.232 e. The van der Waals surface area contributed by atoms with E-state index in [-0.39, 0.29) is 11.7 Å². The Morgan fingerprint density at radius 2 is 1.95 bits per heavy atom. The molecule has 1 amide bonds. The topological polar surface area (TPSA) is 46.1 Å². The first-order valence-electron chi connectivity index (χ1n) is 5.98. The molecule has 0 saturated carbocycles. The van der Waals surface area contributed by atoms with E-state index >= 15 is 0 Å². The summed E-state index contributed by atoms with van der Waals surface area (Å²) in [5.41, 5.74) is 1.52. The molecule has 2 aromatic rings. The van der Waals surface area contributed by atoms with Crippen molar-refractivity contribution in [2.24, 2.45) is 0 Å². The van der Waals surface area contributed by atoms with Gasteiger partial charge in [0, 0.05) is 25.9 Å². The summed E-state index contributed by atoms with van der Waals surface area (Å²) in [5.74, 6) is 0.0135. The second-order valence-electron chi connectivity index (χ2n) is 4.31. The largest absolute Gasteiger partial charge is 0.348 e. The Labute approximate surface area is 121 Å². The second kappa shape index (κ2) is 6.47. The maximum absolute atomic E-state index is 12.9. The van der Waals surface area contributed by atoms with Crippen molar-refractivity contribution in [1.29, 1.82) is 0 Å². The molecule has 6 heteroatoms. The van der Waals surface area contributed by atoms with E-state index in [1.165, 1.54) is 28.8 Å². The van der Waals surface area contributed by atoms with E-state index in [0.717, 1.165) is 5.56 Å². The Balaban J connectivity index is 2.12. The summed E-state index contributed by atoms with van der Waals surface area (Å²) in [5, 5.41) is 0.530. The molecule has 4 nitrogen and oxygen atoms in total. The summed E-state index contributed by atoms with van der Waals surface area (Å²) in [6.45, 7) is 0. The van der Waals surface area contributed by atoms with Crippen LogP contribution >= 0.6 is 11.8 Å². The van der Waals surface area contributed by atoms with Gasteiger partial charge in [-0.25, -0.2) is 14.4 Å². The van der Waals surface area contributed by atoms with Crippen LogP contribution in [0.3, 0.4) is 0 Å². The minimum absolute atomic E-state index is 0.00536. The third-order valence-electron chi connectivity index (χ3n) is 2.60. The van der Waals surface area contributed by atoms with Crippen LogP contribution in [0, 0.1) is 5.82 Å². The molecule has 0 N–H and O–H groups in total. The minimum atomic E-state index is -0.283. The van der Waals surface area contributed by atoms with Gasteiger partial charge in [-0.2, -0.15) is 0 Å². The number of thioether (sulfide) groups is 1. The number of rotatable bonds is 4. The summed E-state index contributed by atoms with van der Waals surface area (Å²) in [6, 6.07) is 7.86. The summed E-state index contributed by atoms with van der Waals surface area (Å²) < 4.78 is 12.9. The van der Waals surface area contributed by atoms with Gasteiger partial charge in [-0.05, 0) is 30.3 Å². The normalized spacial score (nSPS) is 10.3. The van der Waals surface area contributed by atoms with E-state index < -0.39 is 0 Å². The number of carbonyl (C=O) groups excluding carboxylic acids is 1. The fourth-order valence-corrected chi connectivity index (χ4v) is 2.26. The first-order chi connectivity index (χ1) is 9.56. The lowest BCUT2D eigenvalue weighted by Gasteiger charge is -2.09. The molecule has 0 saturated heterocycles. The molecule has 104 valence electrons. The number of benzene rings is 1. The average Bonchev–Trinajstić information content (AvgIpc) is 2.45. The van der Waals surface area contributed by atoms with Gasteiger partial charge < -0.3 is 4.90 Å². The molecular formula is C14H14FN3OS. The number of nitrogens with zero attached hydrogens (tertiary/aromatic N) is 3. The van der Waals surface area contributed by atoms with Crippen LogP contribution in [0.1, 0.15) is 0 Å². The van der Waals surface area contributed by atoms with Crippen molar-refractivity contribution in [2.45, 2.75) is 5.16 Å². The van der Waals surface area contributed by atoms with Crippen LogP contribution < -0.4 is 0 Å². The number of amides is 1. The molecule has 0 aliphatic heterocycles. The van der Waals surface area contributed by atoms with Crippen molar-refractivity contribution in [3.63, 3.8) is 0 Å². The summed E-state index contributed by atoms with van der Waals surface area (Å²) in [6.07, 6.45) is 1.63. The SMILES string of the molecule is CN(C)C(=O)CSc1nccc(-c2ccc(F)cc2)n1. The highest BCUT2D eigenvalue weighted by molar-refractivity contribution is 7.99. The van der Waals surface area contributed by atoms with Crippen LogP contribution in [-0.4, -0.2) is 40.6 Å². The van der Waals surface area contributed by atoms with Crippen molar-refractivity contribution >= 4 is 17.7 Å². The van der Waals surface area contributed by atoms with Gasteiger partial charge in [0.2, 0.25) is 5.91 Å². The van der Waals surface area contributed by atoms with E-state index in [0.29, 0.717) is 16.6 Å². The first kappa shape index (κ1) is 14.5. The van der Waals surface area contributed by atoms with Gasteiger partial charge in [0.05, 0.1) is 11.4 Å². The van der Waals surface area contributed by atoms with Crippen LogP contribution in [0.15, 0.2) is 41.7 Å². The summed E-state index contributed by atoms with van der Waals surface area (Å²) >= 11 is 1.28. The number of hydrogen-bond donors (Lipinski definition) is 0. The van der Waals surface area contributed by atoms with Gasteiger partial charge in [0.25, 0.3) is 0 Å². The van der Waals surface area contributed by atoms with Crippen molar-refractivity contribution in [3.05, 3.63) is 42.3 Å². The van der Waals surface area contributed by atoms with Crippen LogP contribution in [0.5, 0.6) is 0 Å². The van der Waals surface area contributed by atoms with Gasteiger partial charge in [-0.3, -0.25) is 4.79 Å². The highest BCUT2D eigenvalue weighted by Gasteiger charge is 2.08. The minimum Gasteiger partial charge on any atom is -0.348 e. The Bertz CT molecular complexity index is 602. The quantitative estimate of drug-likeness (QED) is 0.641. The second-order valence-corrected chi connectivity index (χ2v) is 5.25. The molecule has 0 unspecified atom stereocenters. The maximum atomic E-state index is 12.9. The molecule has 0 aliphatic carbocycles. The standard InChI is InChI=1S/C14H14FN3OS/c1-18(2)13(19)9-20-14-16-8-7-12(17-14)10-3-5-11(15)6-4-10/h3-8H,9H2,1-2H3. The first-order valence-corrected chi connectivity index (χ1v) is 6.97. The van der Waals surface area contributed by atoms with Crippen molar-refractivity contribution in [1.82, 2.24) is 14.9 Å². The predicted octanol–water partition coefficient (Wildman–Crippen LogP) is 2.46. The third-order valence-corrected chi connectivity index (χ3v) is 3.44. The molecule has 2 rings (SSSR count). The molecule has 0 spiro atoms. The highest BCUT2D eigenvalue weighted by Crippen LogP contribution is 2.20. The van der Waals surface area contributed by atoms with Crippen LogP contribution in [0.4, 0.5) is 4.39 Å². The lowest BCUT2D eigenvalue weighted by atomic mass is 10.1. The van der Waals surface area contributed by atoms with Crippen LogP contribution in [-0.2, 0) is 4.79 Å². The Kier molecular flexibility index (Phi) is 4.68. The van der Waals surface area contributed by atoms with E-state index in [9.17, 15) is 9.18 Å². The monoisotopic (exact) mass is 291 g/mol. The molecule has 0 atom stereocenters. The molecule has 0 aliphatic rings. The van der Waals surface area contributed by atoms with Crippen LogP contribution in [0.25, 0.3) is 11.3 Å². The summed E-state index contributed by atoms with van der Waals surface area (Å²) in [4.78, 5) is 21.5. The Morgan fingerprint density at radius 3 is 2.60 bits per heavy atom. The molecule has 20 heavy (non-hydrogen) atoms. The lowest BCUT2D eigenvalue weighted by Crippen LogP contribution is -2.23. The molecule has 0 radical (unpaired) electrons. The molecular weight excluding hydrogens is 277 g/mol. The van der Waals surface area contributed by atoms with Gasteiger partial charge in [-0.15, -0.1) is 0 Å². The number of halogens is 1. The number of carbonyl (C=O) groups is 1. The molecule has 1 aromatic carbocycles. The van der Waals surface area contributed by atoms with Crippen molar-refractivity contribution in [2.75, 3.05) is 19.8 Å². The van der Waals surface area contributed by atoms with E-state index in [1.807, 2.05) is 0 Å². The lowest BCUT2D eigenvalue weighted by molar-refractivity contribution is -0.125. The van der Waals surface area contributed by atoms with E-state index in [1.54, 1.807) is 38.5 Å². The average molecular weight is 291 g/mol. The fraction of sp³-hybridized carbons (Fsp3) is 0.214. The number of aromatic nitrogens is 2. The zero-order valence-corrected chi connectivity index (χ0v) is 12.0. The molecule has 0 fully saturated rings. The third kappa shape index (κ3) is 3.77. The van der Waals surface area contributed by atoms with Crippen LogP contribution in [0.2, 0.25) is 0 Å². The van der Waals surface area contributed by atoms with Crippen molar-refractivity contribution < 1.29 is 9.18 Å². The van der Waals surface area contributed by atoms with Crippen molar-refractivity contribution in [3.8, 4) is 11.3 Å². The fourth-order valence-electron chi connectivity index (χ4n) is 1.45. The van der Waals surface area contributed by atoms with Gasteiger partial charge >= 0.3 is 0 Å². The van der Waals surface area contributed by atoms with E-state index in [2.05, 4.69) is 9.97 Å². The zero-order valence-electron chi connectivity index (χ0n) is 11.2. The Morgan fingerprint density at radius 1 is 1.25 bits per heavy atom.